The van der Waals surface area contributed by atoms with Crippen molar-refractivity contribution in [1.29, 1.82) is 0 Å². The predicted octanol–water partition coefficient (Wildman–Crippen LogP) is 9.77. The number of hydrogen-bond acceptors (Lipinski definition) is 1. The van der Waals surface area contributed by atoms with E-state index < -0.39 is 46.6 Å². The molecule has 0 heterocycles. The summed E-state index contributed by atoms with van der Waals surface area (Å²) in [5, 5.41) is 0. The molecule has 0 unspecified atom stereocenters. The average molecular weight is 540 g/mol. The van der Waals surface area contributed by atoms with Crippen LogP contribution in [0.3, 0.4) is 0 Å². The molecule has 0 amide bonds. The second-order valence-electron chi connectivity index (χ2n) is 9.57. The second kappa shape index (κ2) is 10.8. The molecule has 0 N–H and O–H groups in total. The highest BCUT2D eigenvalue weighted by atomic mass is 19.4. The van der Waals surface area contributed by atoms with Crippen molar-refractivity contribution in [3.63, 3.8) is 0 Å². The molecule has 9 heteroatoms. The number of allylic oxidation sites excluding steroid dienone is 1. The molecule has 1 fully saturated rings. The molecule has 0 aromatic heterocycles. The maximum Gasteiger partial charge on any atom is 0.426 e. The van der Waals surface area contributed by atoms with Crippen LogP contribution < -0.4 is 4.74 Å². The van der Waals surface area contributed by atoms with Gasteiger partial charge in [0.25, 0.3) is 0 Å². The minimum atomic E-state index is -4.78. The van der Waals surface area contributed by atoms with Crippen LogP contribution >= 0.6 is 0 Å². The van der Waals surface area contributed by atoms with Gasteiger partial charge in [0.1, 0.15) is 23.2 Å². The van der Waals surface area contributed by atoms with E-state index in [2.05, 4.69) is 6.92 Å². The SMILES string of the molecule is CC1CCC(c2ccc(C(F)(F)Oc3ccc(-c4cc(F)c(/C=C/C(F)(F)F)c(F)c4)c(F)c3)cc2)CC1. The lowest BCUT2D eigenvalue weighted by Crippen LogP contribution is -2.22. The highest BCUT2D eigenvalue weighted by Gasteiger charge is 2.35. The molecule has 1 nitrogen and oxygen atoms in total. The Balaban J connectivity index is 1.50. The van der Waals surface area contributed by atoms with Gasteiger partial charge in [-0.05, 0) is 78.3 Å². The van der Waals surface area contributed by atoms with Gasteiger partial charge in [-0.15, -0.1) is 0 Å². The number of rotatable bonds is 6. The van der Waals surface area contributed by atoms with Crippen LogP contribution in [-0.2, 0) is 6.11 Å². The van der Waals surface area contributed by atoms with E-state index in [0.29, 0.717) is 30.0 Å². The van der Waals surface area contributed by atoms with Crippen molar-refractivity contribution in [3.05, 3.63) is 94.8 Å². The van der Waals surface area contributed by atoms with Gasteiger partial charge < -0.3 is 4.74 Å². The third-order valence-corrected chi connectivity index (χ3v) is 6.75. The molecule has 1 aliphatic rings. The first-order valence-corrected chi connectivity index (χ1v) is 12.0. The van der Waals surface area contributed by atoms with Gasteiger partial charge in [0.15, 0.2) is 0 Å². The van der Waals surface area contributed by atoms with Crippen LogP contribution in [0.1, 0.15) is 55.2 Å². The molecule has 4 rings (SSSR count). The van der Waals surface area contributed by atoms with Gasteiger partial charge in [-0.25, -0.2) is 13.2 Å². The normalized spacial score (nSPS) is 18.7. The van der Waals surface area contributed by atoms with Gasteiger partial charge in [-0.3, -0.25) is 0 Å². The Kier molecular flexibility index (Phi) is 7.85. The number of hydrogen-bond donors (Lipinski definition) is 0. The van der Waals surface area contributed by atoms with Gasteiger partial charge >= 0.3 is 12.3 Å². The fraction of sp³-hybridized carbons (Fsp3) is 0.310. The van der Waals surface area contributed by atoms with E-state index in [1.165, 1.54) is 12.1 Å². The lowest BCUT2D eigenvalue weighted by molar-refractivity contribution is -0.185. The van der Waals surface area contributed by atoms with Crippen molar-refractivity contribution in [2.24, 2.45) is 5.92 Å². The molecule has 0 atom stereocenters. The Hall–Kier alpha value is -3.36. The summed E-state index contributed by atoms with van der Waals surface area (Å²) in [5.41, 5.74) is -1.06. The molecule has 0 radical (unpaired) electrons. The Morgan fingerprint density at radius 3 is 1.92 bits per heavy atom. The summed E-state index contributed by atoms with van der Waals surface area (Å²) in [6.45, 7) is 2.19. The summed E-state index contributed by atoms with van der Waals surface area (Å²) in [5.74, 6) is -3.35. The minimum absolute atomic E-state index is 0.228. The molecular weight excluding hydrogens is 516 g/mol. The Labute approximate surface area is 214 Å². The zero-order valence-electron chi connectivity index (χ0n) is 20.3. The molecule has 0 aliphatic heterocycles. The third kappa shape index (κ3) is 6.55. The van der Waals surface area contributed by atoms with E-state index in [4.69, 9.17) is 4.74 Å². The van der Waals surface area contributed by atoms with Gasteiger partial charge in [0.2, 0.25) is 0 Å². The Morgan fingerprint density at radius 2 is 1.37 bits per heavy atom. The van der Waals surface area contributed by atoms with Crippen molar-refractivity contribution in [2.75, 3.05) is 0 Å². The number of ether oxygens (including phenoxy) is 1. The first kappa shape index (κ1) is 27.7. The van der Waals surface area contributed by atoms with Crippen molar-refractivity contribution in [2.45, 2.75) is 50.8 Å². The largest absolute Gasteiger partial charge is 0.429 e. The molecule has 202 valence electrons. The Bertz CT molecular complexity index is 1280. The van der Waals surface area contributed by atoms with E-state index in [-0.39, 0.29) is 23.3 Å². The quantitative estimate of drug-likeness (QED) is 0.283. The summed E-state index contributed by atoms with van der Waals surface area (Å²) >= 11 is 0. The fourth-order valence-corrected chi connectivity index (χ4v) is 4.62. The molecule has 3 aromatic rings. The summed E-state index contributed by atoms with van der Waals surface area (Å²) in [4.78, 5) is 0. The summed E-state index contributed by atoms with van der Waals surface area (Å²) < 4.78 is 115. The van der Waals surface area contributed by atoms with Crippen LogP contribution in [0.15, 0.2) is 60.7 Å². The van der Waals surface area contributed by atoms with Gasteiger partial charge in [-0.2, -0.15) is 22.0 Å². The van der Waals surface area contributed by atoms with E-state index in [1.54, 1.807) is 12.1 Å². The second-order valence-corrected chi connectivity index (χ2v) is 9.57. The van der Waals surface area contributed by atoms with Crippen molar-refractivity contribution in [3.8, 4) is 16.9 Å². The summed E-state index contributed by atoms with van der Waals surface area (Å²) in [6, 6.07) is 9.80. The number of halogens is 8. The van der Waals surface area contributed by atoms with Crippen LogP contribution in [0.2, 0.25) is 0 Å². The molecule has 38 heavy (non-hydrogen) atoms. The molecule has 0 bridgehead atoms. The van der Waals surface area contributed by atoms with Gasteiger partial charge in [0, 0.05) is 23.3 Å². The van der Waals surface area contributed by atoms with E-state index >= 15 is 0 Å². The topological polar surface area (TPSA) is 9.23 Å². The fourth-order valence-electron chi connectivity index (χ4n) is 4.62. The summed E-state index contributed by atoms with van der Waals surface area (Å²) in [7, 11) is 0. The standard InChI is InChI=1S/C29H24F8O/c1-17-2-4-18(5-3-17)19-6-8-21(9-7-19)29(36,37)38-22-10-11-23(27(32)16-22)20-14-25(30)24(26(31)15-20)12-13-28(33,34)35/h6-18H,2-5H2,1H3/b13-12+. The average Bonchev–Trinajstić information content (AvgIpc) is 2.83. The lowest BCUT2D eigenvalue weighted by atomic mass is 9.79. The smallest absolute Gasteiger partial charge is 0.426 e. The zero-order valence-corrected chi connectivity index (χ0v) is 20.3. The maximum absolute atomic E-state index is 14.8. The highest BCUT2D eigenvalue weighted by Crippen LogP contribution is 2.38. The van der Waals surface area contributed by atoms with Crippen LogP contribution in [-0.4, -0.2) is 6.18 Å². The first-order valence-electron chi connectivity index (χ1n) is 12.0. The van der Waals surface area contributed by atoms with Crippen molar-refractivity contribution in [1.82, 2.24) is 0 Å². The van der Waals surface area contributed by atoms with E-state index in [1.807, 2.05) is 0 Å². The minimum Gasteiger partial charge on any atom is -0.429 e. The number of benzene rings is 3. The molecule has 0 saturated heterocycles. The lowest BCUT2D eigenvalue weighted by Gasteiger charge is -2.27. The first-order chi connectivity index (χ1) is 17.8. The molecule has 3 aromatic carbocycles. The van der Waals surface area contributed by atoms with Crippen molar-refractivity contribution >= 4 is 6.08 Å². The molecular formula is C29H24F8O. The van der Waals surface area contributed by atoms with Crippen LogP contribution in [0.25, 0.3) is 17.2 Å². The van der Waals surface area contributed by atoms with Gasteiger partial charge in [-0.1, -0.05) is 31.9 Å². The summed E-state index contributed by atoms with van der Waals surface area (Å²) in [6.07, 6.45) is -4.48. The third-order valence-electron chi connectivity index (χ3n) is 6.75. The van der Waals surface area contributed by atoms with Crippen LogP contribution in [0, 0.1) is 23.4 Å². The molecule has 1 saturated carbocycles. The monoisotopic (exact) mass is 540 g/mol. The van der Waals surface area contributed by atoms with Crippen molar-refractivity contribution < 1.29 is 39.9 Å². The Morgan fingerprint density at radius 1 is 0.763 bits per heavy atom. The zero-order chi connectivity index (χ0) is 27.7. The van der Waals surface area contributed by atoms with Gasteiger partial charge in [0.05, 0.1) is 5.56 Å². The molecule has 0 spiro atoms. The maximum atomic E-state index is 14.8. The van der Waals surface area contributed by atoms with Crippen LogP contribution in [0.4, 0.5) is 35.1 Å². The van der Waals surface area contributed by atoms with E-state index in [9.17, 15) is 35.1 Å². The predicted molar refractivity (Wildman–Crippen MR) is 128 cm³/mol. The highest BCUT2D eigenvalue weighted by molar-refractivity contribution is 5.68. The van der Waals surface area contributed by atoms with Crippen LogP contribution in [0.5, 0.6) is 5.75 Å². The number of alkyl halides is 5. The van der Waals surface area contributed by atoms with E-state index in [0.717, 1.165) is 43.4 Å². The molecule has 1 aliphatic carbocycles.